The van der Waals surface area contributed by atoms with Gasteiger partial charge in [-0.1, -0.05) is 242 Å². The minimum Gasteiger partial charge on any atom is -0.334 e. The first-order valence-electron chi connectivity index (χ1n) is 30.0. The Morgan fingerprint density at radius 1 is 0.358 bits per heavy atom. The maximum Gasteiger partial charge on any atom is 0.252 e. The molecular formula is C77H80BN3. The number of hydrogen-bond donors (Lipinski definition) is 0. The number of benzene rings is 9. The van der Waals surface area contributed by atoms with Crippen molar-refractivity contribution in [1.82, 2.24) is 0 Å². The lowest BCUT2D eigenvalue weighted by atomic mass is 9.33. The van der Waals surface area contributed by atoms with Crippen molar-refractivity contribution in [2.45, 2.75) is 148 Å². The summed E-state index contributed by atoms with van der Waals surface area (Å²) in [6.07, 6.45) is 4.49. The van der Waals surface area contributed by atoms with Gasteiger partial charge in [0.05, 0.1) is 5.54 Å². The molecule has 0 amide bonds. The summed E-state index contributed by atoms with van der Waals surface area (Å²) >= 11 is 0. The van der Waals surface area contributed by atoms with Crippen LogP contribution in [0.15, 0.2) is 200 Å². The van der Waals surface area contributed by atoms with Crippen molar-refractivity contribution in [3.05, 3.63) is 234 Å². The van der Waals surface area contributed by atoms with E-state index in [0.29, 0.717) is 0 Å². The van der Waals surface area contributed by atoms with Crippen LogP contribution >= 0.6 is 0 Å². The molecule has 4 aliphatic rings. The second-order valence-electron chi connectivity index (χ2n) is 28.4. The lowest BCUT2D eigenvalue weighted by Gasteiger charge is -2.53. The van der Waals surface area contributed by atoms with Crippen LogP contribution in [-0.2, 0) is 27.1 Å². The Kier molecular flexibility index (Phi) is 12.2. The Labute approximate surface area is 484 Å². The van der Waals surface area contributed by atoms with Crippen LogP contribution in [0.25, 0.3) is 22.3 Å². The Morgan fingerprint density at radius 3 is 1.46 bits per heavy atom. The average molecular weight is 1060 g/mol. The smallest absolute Gasteiger partial charge is 0.252 e. The normalized spacial score (nSPS) is 18.5. The lowest BCUT2D eigenvalue weighted by molar-refractivity contribution is 0.215. The van der Waals surface area contributed by atoms with Gasteiger partial charge in [-0.05, 0) is 168 Å². The quantitative estimate of drug-likeness (QED) is 0.154. The Balaban J connectivity index is 1.15. The van der Waals surface area contributed by atoms with Crippen LogP contribution < -0.4 is 31.1 Å². The number of nitrogens with zero attached hydrogens (tertiary/aromatic N) is 3. The van der Waals surface area contributed by atoms with Crippen molar-refractivity contribution in [3.8, 4) is 22.3 Å². The molecule has 0 saturated heterocycles. The molecule has 3 aliphatic heterocycles. The number of hydrogen-bond acceptors (Lipinski definition) is 3. The van der Waals surface area contributed by atoms with Crippen molar-refractivity contribution in [1.29, 1.82) is 0 Å². The largest absolute Gasteiger partial charge is 0.334 e. The third-order valence-electron chi connectivity index (χ3n) is 19.2. The molecule has 1 fully saturated rings. The minimum absolute atomic E-state index is 0.00618. The Hall–Kier alpha value is -7.56. The summed E-state index contributed by atoms with van der Waals surface area (Å²) in [6.45, 7) is 30.8. The first-order valence-corrected chi connectivity index (χ1v) is 30.0. The number of rotatable bonds is 6. The zero-order chi connectivity index (χ0) is 56.6. The SMILES string of the molecule is CC(C)(C)c1ccc(N2c3ccc(C(C)(C)C)cc3B3c4ccc(-c5ccccc5)cc4N(c4cccc(-c5ccccc5)c4)c4cc(N5c6ccc(C(C)(C)C)cc6C6(c7ccc(C(C)(C)C)cc7)CCCCC56C)cc2c43)cc1. The van der Waals surface area contributed by atoms with E-state index in [-0.39, 0.29) is 39.3 Å². The van der Waals surface area contributed by atoms with Crippen LogP contribution in [0.5, 0.6) is 0 Å². The molecule has 0 N–H and O–H groups in total. The predicted molar refractivity (Wildman–Crippen MR) is 349 cm³/mol. The second kappa shape index (κ2) is 18.7. The van der Waals surface area contributed by atoms with E-state index in [1.54, 1.807) is 0 Å². The third-order valence-corrected chi connectivity index (χ3v) is 19.2. The van der Waals surface area contributed by atoms with E-state index < -0.39 is 0 Å². The van der Waals surface area contributed by atoms with E-state index >= 15 is 0 Å². The van der Waals surface area contributed by atoms with Crippen LogP contribution in [0.4, 0.5) is 45.5 Å². The van der Waals surface area contributed by atoms with Gasteiger partial charge in [-0.2, -0.15) is 0 Å². The first kappa shape index (κ1) is 52.8. The molecule has 9 aromatic carbocycles. The lowest BCUT2D eigenvalue weighted by Crippen LogP contribution is -2.62. The molecule has 406 valence electrons. The third kappa shape index (κ3) is 8.52. The van der Waals surface area contributed by atoms with E-state index in [1.165, 1.54) is 125 Å². The molecule has 0 aromatic heterocycles. The fourth-order valence-electron chi connectivity index (χ4n) is 14.7. The highest BCUT2D eigenvalue weighted by Crippen LogP contribution is 2.65. The molecular weight excluding hydrogens is 978 g/mol. The van der Waals surface area contributed by atoms with Gasteiger partial charge in [0.25, 0.3) is 6.71 Å². The van der Waals surface area contributed by atoms with Crippen molar-refractivity contribution < 1.29 is 0 Å². The Bertz CT molecular complexity index is 3890. The molecule has 13 rings (SSSR count). The fourth-order valence-corrected chi connectivity index (χ4v) is 14.7. The van der Waals surface area contributed by atoms with Gasteiger partial charge in [0.15, 0.2) is 0 Å². The van der Waals surface area contributed by atoms with Crippen LogP contribution in [0.2, 0.25) is 0 Å². The van der Waals surface area contributed by atoms with Gasteiger partial charge in [0, 0.05) is 50.9 Å². The van der Waals surface area contributed by atoms with Gasteiger partial charge in [0.1, 0.15) is 0 Å². The molecule has 4 heteroatoms. The minimum atomic E-state index is -0.313. The summed E-state index contributed by atoms with van der Waals surface area (Å²) in [4.78, 5) is 8.13. The van der Waals surface area contributed by atoms with Crippen LogP contribution in [-0.4, -0.2) is 12.3 Å². The molecule has 9 aromatic rings. The van der Waals surface area contributed by atoms with Gasteiger partial charge in [-0.15, -0.1) is 0 Å². The molecule has 0 radical (unpaired) electrons. The van der Waals surface area contributed by atoms with Crippen molar-refractivity contribution >= 4 is 68.6 Å². The first-order chi connectivity index (χ1) is 38.5. The van der Waals surface area contributed by atoms with E-state index in [2.05, 4.69) is 305 Å². The summed E-state index contributed by atoms with van der Waals surface area (Å²) in [5.41, 5.74) is 26.3. The highest BCUT2D eigenvalue weighted by Gasteiger charge is 2.62. The summed E-state index contributed by atoms with van der Waals surface area (Å²) in [5.74, 6) is 0. The van der Waals surface area contributed by atoms with Gasteiger partial charge in [-0.3, -0.25) is 0 Å². The molecule has 3 heterocycles. The molecule has 1 aliphatic carbocycles. The summed E-state index contributed by atoms with van der Waals surface area (Å²) in [5, 5.41) is 0. The maximum absolute atomic E-state index is 2.85. The Morgan fingerprint density at radius 2 is 0.864 bits per heavy atom. The highest BCUT2D eigenvalue weighted by molar-refractivity contribution is 7.00. The van der Waals surface area contributed by atoms with E-state index in [1.807, 2.05) is 0 Å². The number of anilines is 8. The van der Waals surface area contributed by atoms with Crippen molar-refractivity contribution in [3.63, 3.8) is 0 Å². The topological polar surface area (TPSA) is 9.72 Å². The van der Waals surface area contributed by atoms with Crippen LogP contribution in [0.1, 0.15) is 149 Å². The molecule has 81 heavy (non-hydrogen) atoms. The second-order valence-corrected chi connectivity index (χ2v) is 28.4. The van der Waals surface area contributed by atoms with Gasteiger partial charge in [0.2, 0.25) is 0 Å². The van der Waals surface area contributed by atoms with E-state index in [4.69, 9.17) is 0 Å². The van der Waals surface area contributed by atoms with Gasteiger partial charge >= 0.3 is 0 Å². The predicted octanol–water partition coefficient (Wildman–Crippen LogP) is 19.1. The zero-order valence-electron chi connectivity index (χ0n) is 50.3. The van der Waals surface area contributed by atoms with Gasteiger partial charge in [-0.25, -0.2) is 0 Å². The summed E-state index contributed by atoms with van der Waals surface area (Å²) in [6, 6.07) is 78.2. The summed E-state index contributed by atoms with van der Waals surface area (Å²) in [7, 11) is 0. The van der Waals surface area contributed by atoms with Gasteiger partial charge < -0.3 is 14.7 Å². The van der Waals surface area contributed by atoms with Crippen molar-refractivity contribution in [2.24, 2.45) is 0 Å². The standard InChI is InChI=1S/C77H80BN3/c1-72(2,3)55-30-32-57(33-31-55)77-44-21-20-43-76(77,13)81(66-41-36-58(47-63(66)77)74(7,8)9)62-49-69-71-70(50-62)80(61-28-22-27-53(45-61)51-23-16-14-17-24-51)68-46-54(52-25-18-15-19-26-52)29-40-64(68)78(71)65-48-59(75(10,11)12)37-42-67(65)79(69)60-38-34-56(35-39-60)73(4,5)6/h14-19,22-42,45-50H,20-21,43-44H2,1-13H3. The highest BCUT2D eigenvalue weighted by atomic mass is 15.3. The van der Waals surface area contributed by atoms with E-state index in [9.17, 15) is 0 Å². The molecule has 3 nitrogen and oxygen atoms in total. The fraction of sp³-hybridized carbons (Fsp3) is 0.299. The molecule has 0 spiro atoms. The zero-order valence-corrected chi connectivity index (χ0v) is 50.3. The van der Waals surface area contributed by atoms with Crippen LogP contribution in [0, 0.1) is 0 Å². The average Bonchev–Trinajstić information content (AvgIpc) is 2.33. The summed E-state index contributed by atoms with van der Waals surface area (Å²) < 4.78 is 0. The number of fused-ring (bicyclic) bond motifs is 7. The van der Waals surface area contributed by atoms with E-state index in [0.717, 1.165) is 18.5 Å². The van der Waals surface area contributed by atoms with Crippen LogP contribution in [0.3, 0.4) is 0 Å². The monoisotopic (exact) mass is 1060 g/mol. The molecule has 2 atom stereocenters. The maximum atomic E-state index is 2.85. The molecule has 2 unspecified atom stereocenters. The molecule has 1 saturated carbocycles. The van der Waals surface area contributed by atoms with Crippen molar-refractivity contribution in [2.75, 3.05) is 14.7 Å². The molecule has 0 bridgehead atoms.